The standard InChI is InChI=1S/C15H27N3O/c1-11-4-2-3-9-18(11)10-15(14(16)19,12-5-6-12)17-13-7-8-13/h11-13,17H,2-10H2,1H3,(H2,16,19). The Balaban J connectivity index is 1.74. The van der Waals surface area contributed by atoms with E-state index < -0.39 is 5.54 Å². The number of rotatable bonds is 6. The number of hydrogen-bond donors (Lipinski definition) is 2. The van der Waals surface area contributed by atoms with Crippen molar-refractivity contribution in [1.82, 2.24) is 10.2 Å². The van der Waals surface area contributed by atoms with E-state index in [9.17, 15) is 4.79 Å². The van der Waals surface area contributed by atoms with Crippen LogP contribution < -0.4 is 11.1 Å². The third-order valence-electron chi connectivity index (χ3n) is 5.15. The summed E-state index contributed by atoms with van der Waals surface area (Å²) in [5.74, 6) is 0.347. The molecule has 0 aromatic heterocycles. The van der Waals surface area contributed by atoms with E-state index in [4.69, 9.17) is 5.73 Å². The van der Waals surface area contributed by atoms with Gasteiger partial charge in [-0.3, -0.25) is 15.0 Å². The van der Waals surface area contributed by atoms with Gasteiger partial charge in [-0.25, -0.2) is 0 Å². The molecule has 19 heavy (non-hydrogen) atoms. The van der Waals surface area contributed by atoms with Gasteiger partial charge in [-0.15, -0.1) is 0 Å². The van der Waals surface area contributed by atoms with Gasteiger partial charge in [0.1, 0.15) is 5.54 Å². The van der Waals surface area contributed by atoms with Crippen LogP contribution in [0.2, 0.25) is 0 Å². The van der Waals surface area contributed by atoms with Crippen LogP contribution in [-0.4, -0.2) is 41.5 Å². The first-order chi connectivity index (χ1) is 9.12. The molecule has 1 amide bonds. The zero-order chi connectivity index (χ0) is 13.5. The van der Waals surface area contributed by atoms with Crippen LogP contribution in [0.1, 0.15) is 51.9 Å². The number of amides is 1. The molecular formula is C15H27N3O. The van der Waals surface area contributed by atoms with Gasteiger partial charge in [-0.2, -0.15) is 0 Å². The summed E-state index contributed by atoms with van der Waals surface area (Å²) in [7, 11) is 0. The van der Waals surface area contributed by atoms with Crippen LogP contribution in [0.4, 0.5) is 0 Å². The van der Waals surface area contributed by atoms with E-state index >= 15 is 0 Å². The molecular weight excluding hydrogens is 238 g/mol. The summed E-state index contributed by atoms with van der Waals surface area (Å²) in [6.45, 7) is 4.23. The van der Waals surface area contributed by atoms with E-state index in [1.807, 2.05) is 0 Å². The quantitative estimate of drug-likeness (QED) is 0.760. The van der Waals surface area contributed by atoms with Crippen molar-refractivity contribution in [2.24, 2.45) is 11.7 Å². The topological polar surface area (TPSA) is 58.4 Å². The van der Waals surface area contributed by atoms with Crippen LogP contribution in [0.3, 0.4) is 0 Å². The Morgan fingerprint density at radius 2 is 2.00 bits per heavy atom. The number of hydrogen-bond acceptors (Lipinski definition) is 3. The third-order valence-corrected chi connectivity index (χ3v) is 5.15. The first-order valence-corrected chi connectivity index (χ1v) is 7.93. The van der Waals surface area contributed by atoms with Crippen molar-refractivity contribution in [1.29, 1.82) is 0 Å². The zero-order valence-electron chi connectivity index (χ0n) is 12.0. The summed E-state index contributed by atoms with van der Waals surface area (Å²) in [6.07, 6.45) is 8.56. The van der Waals surface area contributed by atoms with Crippen LogP contribution in [0.5, 0.6) is 0 Å². The predicted molar refractivity (Wildman–Crippen MR) is 75.7 cm³/mol. The lowest BCUT2D eigenvalue weighted by molar-refractivity contribution is -0.126. The largest absolute Gasteiger partial charge is 0.368 e. The normalized spacial score (nSPS) is 31.9. The SMILES string of the molecule is CC1CCCCN1CC(NC1CC1)(C(N)=O)C1CC1. The molecule has 3 rings (SSSR count). The predicted octanol–water partition coefficient (Wildman–Crippen LogP) is 1.25. The number of primary amides is 1. The Morgan fingerprint density at radius 3 is 2.53 bits per heavy atom. The average molecular weight is 265 g/mol. The van der Waals surface area contributed by atoms with Gasteiger partial charge in [0, 0.05) is 18.6 Å². The van der Waals surface area contributed by atoms with Gasteiger partial charge in [-0.05, 0) is 57.9 Å². The van der Waals surface area contributed by atoms with E-state index in [0.29, 0.717) is 18.0 Å². The van der Waals surface area contributed by atoms with Crippen LogP contribution >= 0.6 is 0 Å². The highest BCUT2D eigenvalue weighted by Crippen LogP contribution is 2.42. The van der Waals surface area contributed by atoms with Gasteiger partial charge in [0.05, 0.1) is 0 Å². The van der Waals surface area contributed by atoms with Crippen LogP contribution in [0.15, 0.2) is 0 Å². The average Bonchev–Trinajstić information content (AvgIpc) is 3.25. The molecule has 4 nitrogen and oxygen atoms in total. The van der Waals surface area contributed by atoms with Crippen molar-refractivity contribution in [2.45, 2.75) is 69.5 Å². The second-order valence-corrected chi connectivity index (χ2v) is 6.84. The highest BCUT2D eigenvalue weighted by molar-refractivity contribution is 5.86. The fraction of sp³-hybridized carbons (Fsp3) is 0.933. The molecule has 0 bridgehead atoms. The van der Waals surface area contributed by atoms with Crippen molar-refractivity contribution >= 4 is 5.91 Å². The molecule has 0 aromatic rings. The molecule has 1 aliphatic heterocycles. The highest BCUT2D eigenvalue weighted by Gasteiger charge is 2.53. The van der Waals surface area contributed by atoms with Gasteiger partial charge in [0.15, 0.2) is 0 Å². The summed E-state index contributed by atoms with van der Waals surface area (Å²) < 4.78 is 0. The Bertz CT molecular complexity index is 351. The molecule has 1 heterocycles. The Kier molecular flexibility index (Phi) is 3.56. The van der Waals surface area contributed by atoms with Gasteiger partial charge in [0.25, 0.3) is 0 Å². The molecule has 0 aromatic carbocycles. The van der Waals surface area contributed by atoms with Gasteiger partial charge in [0.2, 0.25) is 5.91 Å². The van der Waals surface area contributed by atoms with E-state index in [2.05, 4.69) is 17.1 Å². The van der Waals surface area contributed by atoms with Crippen molar-refractivity contribution in [3.63, 3.8) is 0 Å². The molecule has 3 aliphatic rings. The summed E-state index contributed by atoms with van der Waals surface area (Å²) >= 11 is 0. The van der Waals surface area contributed by atoms with Crippen molar-refractivity contribution in [3.05, 3.63) is 0 Å². The number of carbonyl (C=O) groups excluding carboxylic acids is 1. The lowest BCUT2D eigenvalue weighted by atomic mass is 9.89. The monoisotopic (exact) mass is 265 g/mol. The Morgan fingerprint density at radius 1 is 1.26 bits per heavy atom. The second kappa shape index (κ2) is 5.06. The lowest BCUT2D eigenvalue weighted by Gasteiger charge is -2.42. The summed E-state index contributed by atoms with van der Waals surface area (Å²) in [5.41, 5.74) is 5.37. The van der Waals surface area contributed by atoms with Crippen LogP contribution in [0.25, 0.3) is 0 Å². The number of piperidine rings is 1. The molecule has 3 N–H and O–H groups in total. The number of likely N-dealkylation sites (tertiary alicyclic amines) is 1. The molecule has 2 unspecified atom stereocenters. The molecule has 1 saturated heterocycles. The summed E-state index contributed by atoms with van der Waals surface area (Å²) in [4.78, 5) is 14.7. The zero-order valence-corrected chi connectivity index (χ0v) is 12.0. The van der Waals surface area contributed by atoms with E-state index in [1.165, 1.54) is 32.1 Å². The lowest BCUT2D eigenvalue weighted by Crippen LogP contribution is -2.65. The molecule has 2 atom stereocenters. The maximum absolute atomic E-state index is 12.2. The smallest absolute Gasteiger partial charge is 0.239 e. The Labute approximate surface area is 116 Å². The molecule has 2 aliphatic carbocycles. The maximum Gasteiger partial charge on any atom is 0.239 e. The fourth-order valence-corrected chi connectivity index (χ4v) is 3.52. The third kappa shape index (κ3) is 2.79. The van der Waals surface area contributed by atoms with E-state index in [0.717, 1.165) is 25.9 Å². The summed E-state index contributed by atoms with van der Waals surface area (Å²) in [5, 5.41) is 3.62. The van der Waals surface area contributed by atoms with Crippen LogP contribution in [0, 0.1) is 5.92 Å². The molecule has 2 saturated carbocycles. The first kappa shape index (κ1) is 13.4. The second-order valence-electron chi connectivity index (χ2n) is 6.84. The number of carbonyl (C=O) groups is 1. The first-order valence-electron chi connectivity index (χ1n) is 7.93. The molecule has 0 spiro atoms. The van der Waals surface area contributed by atoms with E-state index in [-0.39, 0.29) is 5.91 Å². The molecule has 0 radical (unpaired) electrons. The maximum atomic E-state index is 12.2. The number of nitrogens with two attached hydrogens (primary N) is 1. The fourth-order valence-electron chi connectivity index (χ4n) is 3.52. The van der Waals surface area contributed by atoms with Crippen molar-refractivity contribution in [2.75, 3.05) is 13.1 Å². The molecule has 3 fully saturated rings. The van der Waals surface area contributed by atoms with Gasteiger partial charge in [-0.1, -0.05) is 6.42 Å². The van der Waals surface area contributed by atoms with Gasteiger partial charge < -0.3 is 5.73 Å². The Hall–Kier alpha value is -0.610. The van der Waals surface area contributed by atoms with E-state index in [1.54, 1.807) is 0 Å². The molecule has 108 valence electrons. The minimum absolute atomic E-state index is 0.125. The summed E-state index contributed by atoms with van der Waals surface area (Å²) in [6, 6.07) is 1.13. The van der Waals surface area contributed by atoms with Crippen molar-refractivity contribution in [3.8, 4) is 0 Å². The minimum Gasteiger partial charge on any atom is -0.368 e. The van der Waals surface area contributed by atoms with Gasteiger partial charge >= 0.3 is 0 Å². The van der Waals surface area contributed by atoms with Crippen molar-refractivity contribution < 1.29 is 4.79 Å². The number of nitrogens with zero attached hydrogens (tertiary/aromatic N) is 1. The molecule has 4 heteroatoms. The number of nitrogens with one attached hydrogen (secondary N) is 1. The van der Waals surface area contributed by atoms with Crippen LogP contribution in [-0.2, 0) is 4.79 Å². The highest BCUT2D eigenvalue weighted by atomic mass is 16.1. The minimum atomic E-state index is -0.452.